The lowest BCUT2D eigenvalue weighted by molar-refractivity contribution is 0.260. The van der Waals surface area contributed by atoms with Gasteiger partial charge in [0.15, 0.2) is 0 Å². The van der Waals surface area contributed by atoms with Crippen LogP contribution in [-0.4, -0.2) is 38.8 Å². The smallest absolute Gasteiger partial charge is 0.323 e. The topological polar surface area (TPSA) is 118 Å². The molecule has 0 bridgehead atoms. The van der Waals surface area contributed by atoms with Crippen LogP contribution in [0.25, 0.3) is 0 Å². The van der Waals surface area contributed by atoms with Gasteiger partial charge >= 0.3 is 6.01 Å². The lowest BCUT2D eigenvalue weighted by Gasteiger charge is -2.25. The number of hydrazine groups is 1. The van der Waals surface area contributed by atoms with E-state index in [2.05, 4.69) is 25.7 Å². The fourth-order valence-electron chi connectivity index (χ4n) is 1.32. The first kappa shape index (κ1) is 14.4. The van der Waals surface area contributed by atoms with Gasteiger partial charge in [-0.05, 0) is 27.2 Å². The lowest BCUT2D eigenvalue weighted by atomic mass is 10.0. The Hall–Kier alpha value is -1.67. The Morgan fingerprint density at radius 3 is 2.50 bits per heavy atom. The second kappa shape index (κ2) is 6.31. The number of nitrogens with two attached hydrogens (primary N) is 1. The summed E-state index contributed by atoms with van der Waals surface area (Å²) in [6.07, 6.45) is 0.564. The van der Waals surface area contributed by atoms with Crippen LogP contribution in [0.5, 0.6) is 6.01 Å². The molecule has 8 heteroatoms. The van der Waals surface area contributed by atoms with E-state index in [-0.39, 0.29) is 24.1 Å². The molecule has 1 rings (SSSR count). The first-order chi connectivity index (χ1) is 8.50. The normalized spacial score (nSPS) is 11.2. The van der Waals surface area contributed by atoms with Crippen LogP contribution in [0.4, 0.5) is 11.9 Å². The maximum atomic E-state index is 8.97. The molecule has 5 N–H and O–H groups in total. The van der Waals surface area contributed by atoms with Gasteiger partial charge in [-0.3, -0.25) is 5.43 Å². The Morgan fingerprint density at radius 1 is 1.28 bits per heavy atom. The summed E-state index contributed by atoms with van der Waals surface area (Å²) in [5.74, 6) is 5.85. The summed E-state index contributed by atoms with van der Waals surface area (Å²) in [6.45, 7) is 6.23. The summed E-state index contributed by atoms with van der Waals surface area (Å²) < 4.78 is 5.22. The van der Waals surface area contributed by atoms with Gasteiger partial charge in [0.1, 0.15) is 0 Å². The highest BCUT2D eigenvalue weighted by Gasteiger charge is 2.19. The van der Waals surface area contributed by atoms with Crippen LogP contribution in [0, 0.1) is 0 Å². The second-order valence-corrected chi connectivity index (χ2v) is 4.33. The number of aromatic nitrogens is 3. The van der Waals surface area contributed by atoms with Gasteiger partial charge in [-0.25, -0.2) is 5.84 Å². The highest BCUT2D eigenvalue weighted by Crippen LogP contribution is 2.17. The van der Waals surface area contributed by atoms with Crippen LogP contribution in [-0.2, 0) is 0 Å². The maximum absolute atomic E-state index is 8.97. The van der Waals surface area contributed by atoms with Crippen molar-refractivity contribution in [3.63, 3.8) is 0 Å². The minimum Gasteiger partial charge on any atom is -0.464 e. The molecule has 0 fully saturated rings. The molecule has 0 aliphatic rings. The number of aliphatic hydroxyl groups excluding tert-OH is 1. The van der Waals surface area contributed by atoms with Crippen molar-refractivity contribution in [3.05, 3.63) is 0 Å². The molecule has 0 saturated carbocycles. The van der Waals surface area contributed by atoms with Gasteiger partial charge < -0.3 is 15.2 Å². The van der Waals surface area contributed by atoms with Crippen molar-refractivity contribution in [2.24, 2.45) is 5.84 Å². The van der Waals surface area contributed by atoms with Crippen LogP contribution in [0.1, 0.15) is 27.2 Å². The van der Waals surface area contributed by atoms with Crippen molar-refractivity contribution in [2.75, 3.05) is 24.0 Å². The van der Waals surface area contributed by atoms with E-state index in [1.54, 1.807) is 0 Å². The number of ether oxygens (including phenoxy) is 1. The first-order valence-electron chi connectivity index (χ1n) is 5.75. The highest BCUT2D eigenvalue weighted by molar-refractivity contribution is 5.36. The summed E-state index contributed by atoms with van der Waals surface area (Å²) in [5.41, 5.74) is 2.01. The molecular formula is C10H20N6O2. The third-order valence-corrected chi connectivity index (χ3v) is 2.20. The standard InChI is InChI=1S/C10H20N6O2/c1-4-18-9-13-7(12-8(14-9)16-11)15-10(2,3)5-6-17/h17H,4-6,11H2,1-3H3,(H2,12,13,14,15,16). The van der Waals surface area contributed by atoms with Crippen LogP contribution in [0.2, 0.25) is 0 Å². The molecule has 0 aliphatic heterocycles. The zero-order valence-corrected chi connectivity index (χ0v) is 10.9. The summed E-state index contributed by atoms with van der Waals surface area (Å²) in [5, 5.41) is 12.1. The first-order valence-corrected chi connectivity index (χ1v) is 5.75. The predicted molar refractivity (Wildman–Crippen MR) is 68.2 cm³/mol. The third-order valence-electron chi connectivity index (χ3n) is 2.20. The van der Waals surface area contributed by atoms with E-state index in [1.807, 2.05) is 20.8 Å². The molecule has 102 valence electrons. The summed E-state index contributed by atoms with van der Waals surface area (Å²) in [7, 11) is 0. The van der Waals surface area contributed by atoms with Gasteiger partial charge in [-0.15, -0.1) is 0 Å². The van der Waals surface area contributed by atoms with Crippen LogP contribution < -0.4 is 21.3 Å². The van der Waals surface area contributed by atoms with Crippen molar-refractivity contribution in [3.8, 4) is 6.01 Å². The van der Waals surface area contributed by atoms with Gasteiger partial charge in [0, 0.05) is 12.1 Å². The summed E-state index contributed by atoms with van der Waals surface area (Å²) in [4.78, 5) is 12.1. The second-order valence-electron chi connectivity index (χ2n) is 4.33. The summed E-state index contributed by atoms with van der Waals surface area (Å²) in [6, 6.07) is 0.197. The Bertz CT molecular complexity index is 385. The number of nitrogen functional groups attached to an aromatic ring is 1. The molecule has 0 aliphatic carbocycles. The van der Waals surface area contributed by atoms with Crippen molar-refractivity contribution in [1.29, 1.82) is 0 Å². The lowest BCUT2D eigenvalue weighted by Crippen LogP contribution is -2.33. The van der Waals surface area contributed by atoms with Gasteiger partial charge in [0.2, 0.25) is 11.9 Å². The van der Waals surface area contributed by atoms with E-state index in [0.717, 1.165) is 0 Å². The zero-order chi connectivity index (χ0) is 13.6. The number of hydrogen-bond donors (Lipinski definition) is 4. The molecule has 8 nitrogen and oxygen atoms in total. The Kier molecular flexibility index (Phi) is 5.05. The maximum Gasteiger partial charge on any atom is 0.323 e. The molecule has 1 heterocycles. The Morgan fingerprint density at radius 2 is 1.94 bits per heavy atom. The number of aliphatic hydroxyl groups is 1. The van der Waals surface area contributed by atoms with Crippen LogP contribution in [0.3, 0.4) is 0 Å². The van der Waals surface area contributed by atoms with Crippen LogP contribution in [0.15, 0.2) is 0 Å². The minimum absolute atomic E-state index is 0.0748. The quantitative estimate of drug-likeness (QED) is 0.401. The van der Waals surface area contributed by atoms with Crippen molar-refractivity contribution < 1.29 is 9.84 Å². The molecule has 0 saturated heterocycles. The Balaban J connectivity index is 2.90. The van der Waals surface area contributed by atoms with Crippen LogP contribution >= 0.6 is 0 Å². The molecule has 1 aromatic rings. The Labute approximate surface area is 106 Å². The zero-order valence-electron chi connectivity index (χ0n) is 10.9. The number of nitrogens with zero attached hydrogens (tertiary/aromatic N) is 3. The van der Waals surface area contributed by atoms with E-state index in [0.29, 0.717) is 19.0 Å². The van der Waals surface area contributed by atoms with Gasteiger partial charge in [-0.2, -0.15) is 15.0 Å². The molecule has 0 spiro atoms. The highest BCUT2D eigenvalue weighted by atomic mass is 16.5. The number of anilines is 2. The monoisotopic (exact) mass is 256 g/mol. The average molecular weight is 256 g/mol. The number of rotatable bonds is 7. The van der Waals surface area contributed by atoms with E-state index in [4.69, 9.17) is 15.7 Å². The average Bonchev–Trinajstić information content (AvgIpc) is 2.28. The van der Waals surface area contributed by atoms with E-state index in [9.17, 15) is 0 Å². The van der Waals surface area contributed by atoms with E-state index in [1.165, 1.54) is 0 Å². The molecule has 18 heavy (non-hydrogen) atoms. The molecule has 0 atom stereocenters. The largest absolute Gasteiger partial charge is 0.464 e. The third kappa shape index (κ3) is 4.30. The predicted octanol–water partition coefficient (Wildman–Crippen LogP) is 0.129. The molecule has 0 unspecified atom stereocenters. The summed E-state index contributed by atoms with van der Waals surface area (Å²) >= 11 is 0. The van der Waals surface area contributed by atoms with E-state index < -0.39 is 0 Å². The van der Waals surface area contributed by atoms with Gasteiger partial charge in [0.05, 0.1) is 6.61 Å². The molecule has 1 aromatic heterocycles. The minimum atomic E-state index is -0.342. The SMILES string of the molecule is CCOc1nc(NN)nc(NC(C)(C)CCO)n1. The van der Waals surface area contributed by atoms with Crippen molar-refractivity contribution in [1.82, 2.24) is 15.0 Å². The van der Waals surface area contributed by atoms with Crippen molar-refractivity contribution >= 4 is 11.9 Å². The van der Waals surface area contributed by atoms with Gasteiger partial charge in [-0.1, -0.05) is 0 Å². The number of nitrogens with one attached hydrogen (secondary N) is 2. The fourth-order valence-corrected chi connectivity index (χ4v) is 1.32. The van der Waals surface area contributed by atoms with Gasteiger partial charge in [0.25, 0.3) is 0 Å². The molecule has 0 amide bonds. The number of hydrogen-bond acceptors (Lipinski definition) is 8. The fraction of sp³-hybridized carbons (Fsp3) is 0.700. The van der Waals surface area contributed by atoms with Crippen molar-refractivity contribution in [2.45, 2.75) is 32.7 Å². The van der Waals surface area contributed by atoms with E-state index >= 15 is 0 Å². The molecule has 0 radical (unpaired) electrons. The molecule has 0 aromatic carbocycles. The molecular weight excluding hydrogens is 236 g/mol.